The van der Waals surface area contributed by atoms with Crippen LogP contribution < -0.4 is 0 Å². The van der Waals surface area contributed by atoms with Gasteiger partial charge in [0.2, 0.25) is 0 Å². The minimum atomic E-state index is 0.781. The second-order valence-electron chi connectivity index (χ2n) is 4.63. The Hall–Kier alpha value is 0. The van der Waals surface area contributed by atoms with Crippen molar-refractivity contribution in [3.8, 4) is 0 Å². The summed E-state index contributed by atoms with van der Waals surface area (Å²) >= 11 is 0. The molecule has 2 atom stereocenters. The molecule has 10 heavy (non-hydrogen) atoms. The van der Waals surface area contributed by atoms with Gasteiger partial charge in [0, 0.05) is 0 Å². The fourth-order valence-corrected chi connectivity index (χ4v) is 3.49. The molecule has 0 spiro atoms. The van der Waals surface area contributed by atoms with E-state index >= 15 is 0 Å². The number of fused-ring (bicyclic) bond motifs is 1. The monoisotopic (exact) mass is 138 g/mol. The maximum atomic E-state index is 2.47. The molecular formula is C10H18. The fraction of sp³-hybridized carbons (Fsp3) is 1.00. The van der Waals surface area contributed by atoms with E-state index in [1.54, 1.807) is 0 Å². The van der Waals surface area contributed by atoms with E-state index in [1.807, 2.05) is 0 Å². The molecule has 58 valence electrons. The third-order valence-corrected chi connectivity index (χ3v) is 4.82. The van der Waals surface area contributed by atoms with Crippen LogP contribution >= 0.6 is 0 Å². The first kappa shape index (κ1) is 6.69. The Kier molecular flexibility index (Phi) is 0.964. The minimum absolute atomic E-state index is 0.781. The predicted molar refractivity (Wildman–Crippen MR) is 43.8 cm³/mol. The Balaban J connectivity index is 2.01. The standard InChI is InChI=1S/C10H18/c1-5-6-8-9(3)7(2)10(8,9)4/h7-8H,5-6H2,1-4H3. The van der Waals surface area contributed by atoms with E-state index in [0.717, 1.165) is 22.7 Å². The van der Waals surface area contributed by atoms with Crippen LogP contribution in [0.15, 0.2) is 0 Å². The summed E-state index contributed by atoms with van der Waals surface area (Å²) in [5, 5.41) is 0. The molecule has 2 aliphatic carbocycles. The second kappa shape index (κ2) is 1.44. The van der Waals surface area contributed by atoms with Gasteiger partial charge in [0.25, 0.3) is 0 Å². The molecule has 2 fully saturated rings. The van der Waals surface area contributed by atoms with Gasteiger partial charge in [-0.05, 0) is 29.1 Å². The van der Waals surface area contributed by atoms with Crippen LogP contribution in [-0.2, 0) is 0 Å². The van der Waals surface area contributed by atoms with E-state index in [1.165, 1.54) is 12.8 Å². The Bertz CT molecular complexity index is 157. The molecule has 2 rings (SSSR count). The molecule has 0 heterocycles. The zero-order valence-corrected chi connectivity index (χ0v) is 7.57. The number of hydrogen-bond donors (Lipinski definition) is 0. The molecule has 0 N–H and O–H groups in total. The summed E-state index contributed by atoms with van der Waals surface area (Å²) in [5.41, 5.74) is 1.56. The van der Waals surface area contributed by atoms with Gasteiger partial charge in [0.1, 0.15) is 0 Å². The molecule has 0 nitrogen and oxygen atoms in total. The van der Waals surface area contributed by atoms with Crippen molar-refractivity contribution in [2.75, 3.05) is 0 Å². The van der Waals surface area contributed by atoms with Gasteiger partial charge in [-0.3, -0.25) is 0 Å². The molecule has 0 amide bonds. The second-order valence-corrected chi connectivity index (χ2v) is 4.63. The van der Waals surface area contributed by atoms with Crippen LogP contribution in [0.2, 0.25) is 0 Å². The van der Waals surface area contributed by atoms with Crippen LogP contribution in [0.3, 0.4) is 0 Å². The summed E-state index contributed by atoms with van der Waals surface area (Å²) in [6, 6.07) is 0. The largest absolute Gasteiger partial charge is 0.0654 e. The molecule has 0 bridgehead atoms. The smallest absolute Gasteiger partial charge is 0.0201 e. The highest BCUT2D eigenvalue weighted by Crippen LogP contribution is 2.94. The molecule has 2 saturated carbocycles. The first-order valence-corrected chi connectivity index (χ1v) is 4.60. The van der Waals surface area contributed by atoms with Gasteiger partial charge in [-0.1, -0.05) is 34.1 Å². The summed E-state index contributed by atoms with van der Waals surface area (Å²) < 4.78 is 0. The van der Waals surface area contributed by atoms with Crippen LogP contribution in [0, 0.1) is 22.7 Å². The summed E-state index contributed by atoms with van der Waals surface area (Å²) in [6.45, 7) is 9.65. The van der Waals surface area contributed by atoms with Gasteiger partial charge in [-0.2, -0.15) is 0 Å². The van der Waals surface area contributed by atoms with Gasteiger partial charge < -0.3 is 0 Å². The van der Waals surface area contributed by atoms with Gasteiger partial charge >= 0.3 is 0 Å². The summed E-state index contributed by atoms with van der Waals surface area (Å²) in [5.74, 6) is 2.11. The maximum absolute atomic E-state index is 2.47. The number of rotatable bonds is 2. The highest BCUT2D eigenvalue weighted by molar-refractivity contribution is 5.36. The van der Waals surface area contributed by atoms with E-state index in [9.17, 15) is 0 Å². The normalized spacial score (nSPS) is 63.6. The van der Waals surface area contributed by atoms with Crippen LogP contribution in [0.5, 0.6) is 0 Å². The van der Waals surface area contributed by atoms with E-state index in [0.29, 0.717) is 0 Å². The predicted octanol–water partition coefficient (Wildman–Crippen LogP) is 3.08. The topological polar surface area (TPSA) is 0 Å². The van der Waals surface area contributed by atoms with Crippen LogP contribution in [-0.4, -0.2) is 0 Å². The van der Waals surface area contributed by atoms with Crippen molar-refractivity contribution in [3.63, 3.8) is 0 Å². The summed E-state index contributed by atoms with van der Waals surface area (Å²) in [4.78, 5) is 0. The van der Waals surface area contributed by atoms with Gasteiger partial charge in [0.15, 0.2) is 0 Å². The lowest BCUT2D eigenvalue weighted by Crippen LogP contribution is -2.06. The summed E-state index contributed by atoms with van der Waals surface area (Å²) in [7, 11) is 0. The van der Waals surface area contributed by atoms with Crippen molar-refractivity contribution in [3.05, 3.63) is 0 Å². The molecule has 0 aliphatic heterocycles. The molecule has 2 unspecified atom stereocenters. The average Bonchev–Trinajstić information content (AvgIpc) is 2.56. The first-order chi connectivity index (χ1) is 4.60. The van der Waals surface area contributed by atoms with Crippen molar-refractivity contribution in [2.45, 2.75) is 40.5 Å². The Morgan fingerprint density at radius 1 is 1.20 bits per heavy atom. The molecule has 2 aliphatic rings. The molecule has 0 heteroatoms. The third kappa shape index (κ3) is 0.383. The van der Waals surface area contributed by atoms with E-state index in [-0.39, 0.29) is 0 Å². The minimum Gasteiger partial charge on any atom is -0.0654 e. The maximum Gasteiger partial charge on any atom is -0.0201 e. The van der Waals surface area contributed by atoms with Crippen molar-refractivity contribution in [1.82, 2.24) is 0 Å². The molecule has 0 aromatic carbocycles. The zero-order chi connectivity index (χ0) is 7.57. The fourth-order valence-electron chi connectivity index (χ4n) is 3.49. The molecule has 0 radical (unpaired) electrons. The zero-order valence-electron chi connectivity index (χ0n) is 7.57. The molecule has 0 aromatic rings. The van der Waals surface area contributed by atoms with Gasteiger partial charge in [-0.25, -0.2) is 0 Å². The SMILES string of the molecule is CCCC1C2(C)C(C)C12C. The van der Waals surface area contributed by atoms with Crippen LogP contribution in [0.25, 0.3) is 0 Å². The Morgan fingerprint density at radius 3 is 2.00 bits per heavy atom. The first-order valence-electron chi connectivity index (χ1n) is 4.60. The lowest BCUT2D eigenvalue weighted by atomic mass is 9.91. The molecular weight excluding hydrogens is 120 g/mol. The van der Waals surface area contributed by atoms with Crippen molar-refractivity contribution >= 4 is 0 Å². The van der Waals surface area contributed by atoms with E-state index < -0.39 is 0 Å². The Morgan fingerprint density at radius 2 is 1.70 bits per heavy atom. The highest BCUT2D eigenvalue weighted by atomic mass is 14.9. The molecule has 0 aromatic heterocycles. The van der Waals surface area contributed by atoms with Crippen LogP contribution in [0.4, 0.5) is 0 Å². The quantitative estimate of drug-likeness (QED) is 0.550. The number of hydrogen-bond acceptors (Lipinski definition) is 0. The average molecular weight is 138 g/mol. The third-order valence-electron chi connectivity index (χ3n) is 4.82. The Labute approximate surface area is 64.0 Å². The lowest BCUT2D eigenvalue weighted by Gasteiger charge is -2.14. The summed E-state index contributed by atoms with van der Waals surface area (Å²) in [6.07, 6.45) is 2.85. The van der Waals surface area contributed by atoms with Crippen molar-refractivity contribution < 1.29 is 0 Å². The van der Waals surface area contributed by atoms with E-state index in [4.69, 9.17) is 0 Å². The van der Waals surface area contributed by atoms with Crippen molar-refractivity contribution in [2.24, 2.45) is 22.7 Å². The molecule has 0 saturated heterocycles. The van der Waals surface area contributed by atoms with E-state index in [2.05, 4.69) is 27.7 Å². The van der Waals surface area contributed by atoms with Gasteiger partial charge in [-0.15, -0.1) is 0 Å². The highest BCUT2D eigenvalue weighted by Gasteiger charge is 2.89. The van der Waals surface area contributed by atoms with Crippen molar-refractivity contribution in [1.29, 1.82) is 0 Å². The lowest BCUT2D eigenvalue weighted by molar-refractivity contribution is 0.350. The van der Waals surface area contributed by atoms with Crippen LogP contribution in [0.1, 0.15) is 40.5 Å². The van der Waals surface area contributed by atoms with Gasteiger partial charge in [0.05, 0.1) is 0 Å².